The molecule has 6 nitrogen and oxygen atoms in total. The van der Waals surface area contributed by atoms with E-state index in [0.717, 1.165) is 24.3 Å². The summed E-state index contributed by atoms with van der Waals surface area (Å²) < 4.78 is 0. The Kier molecular flexibility index (Phi) is 5.55. The molecule has 1 fully saturated rings. The molecule has 3 N–H and O–H groups in total. The molecule has 2 rings (SSSR count). The van der Waals surface area contributed by atoms with Crippen molar-refractivity contribution in [1.29, 1.82) is 0 Å². The van der Waals surface area contributed by atoms with Gasteiger partial charge in [-0.2, -0.15) is 0 Å². The number of aliphatic carboxylic acids is 1. The molecule has 0 unspecified atom stereocenters. The first kappa shape index (κ1) is 15.8. The molecule has 21 heavy (non-hydrogen) atoms. The highest BCUT2D eigenvalue weighted by Crippen LogP contribution is 2.24. The van der Waals surface area contributed by atoms with Gasteiger partial charge in [0, 0.05) is 17.1 Å². The Morgan fingerprint density at radius 2 is 2.10 bits per heavy atom. The number of urea groups is 1. The zero-order valence-corrected chi connectivity index (χ0v) is 12.9. The number of aromatic nitrogens is 1. The van der Waals surface area contributed by atoms with E-state index < -0.39 is 5.97 Å². The van der Waals surface area contributed by atoms with Crippen molar-refractivity contribution in [2.24, 2.45) is 5.92 Å². The Bertz CT molecular complexity index is 495. The van der Waals surface area contributed by atoms with Gasteiger partial charge in [-0.15, -0.1) is 11.3 Å². The maximum atomic E-state index is 11.8. The van der Waals surface area contributed by atoms with Gasteiger partial charge >= 0.3 is 12.0 Å². The molecule has 0 aromatic carbocycles. The first-order valence-corrected chi connectivity index (χ1v) is 8.11. The molecule has 0 atom stereocenters. The third kappa shape index (κ3) is 4.70. The van der Waals surface area contributed by atoms with Crippen molar-refractivity contribution >= 4 is 23.3 Å². The summed E-state index contributed by atoms with van der Waals surface area (Å²) in [6.07, 6.45) is 5.51. The SMILES string of the molecule is CCc1cnc(CNC(=O)NC2CCC(C(=O)O)CC2)s1. The number of carbonyl (C=O) groups excluding carboxylic acids is 1. The number of nitrogens with one attached hydrogen (secondary N) is 2. The van der Waals surface area contributed by atoms with E-state index in [1.807, 2.05) is 6.20 Å². The second-order valence-corrected chi connectivity index (χ2v) is 6.49. The molecule has 1 aromatic rings. The summed E-state index contributed by atoms with van der Waals surface area (Å²) in [5, 5.41) is 15.5. The number of aryl methyl sites for hydroxylation is 1. The van der Waals surface area contributed by atoms with Crippen LogP contribution in [0.5, 0.6) is 0 Å². The largest absolute Gasteiger partial charge is 0.481 e. The first-order chi connectivity index (χ1) is 10.1. The molecule has 0 bridgehead atoms. The Morgan fingerprint density at radius 3 is 2.67 bits per heavy atom. The summed E-state index contributed by atoms with van der Waals surface area (Å²) in [4.78, 5) is 28.1. The number of carboxylic acids is 1. The Balaban J connectivity index is 1.69. The lowest BCUT2D eigenvalue weighted by molar-refractivity contribution is -0.142. The number of amides is 2. The predicted octanol–water partition coefficient (Wildman–Crippen LogP) is 2.15. The number of hydrogen-bond acceptors (Lipinski definition) is 4. The molecular weight excluding hydrogens is 290 g/mol. The summed E-state index contributed by atoms with van der Waals surface area (Å²) in [7, 11) is 0. The third-order valence-corrected chi connectivity index (χ3v) is 4.90. The van der Waals surface area contributed by atoms with Gasteiger partial charge in [-0.05, 0) is 32.1 Å². The second-order valence-electron chi connectivity index (χ2n) is 5.29. The lowest BCUT2D eigenvalue weighted by Gasteiger charge is -2.26. The van der Waals surface area contributed by atoms with Gasteiger partial charge in [0.05, 0.1) is 12.5 Å². The van der Waals surface area contributed by atoms with Gasteiger partial charge in [-0.1, -0.05) is 6.92 Å². The molecule has 1 aliphatic rings. The van der Waals surface area contributed by atoms with Gasteiger partial charge in [-0.3, -0.25) is 4.79 Å². The average molecular weight is 311 g/mol. The molecule has 0 spiro atoms. The van der Waals surface area contributed by atoms with Crippen molar-refractivity contribution in [3.05, 3.63) is 16.1 Å². The van der Waals surface area contributed by atoms with Crippen LogP contribution in [0, 0.1) is 5.92 Å². The molecule has 2 amide bonds. The Morgan fingerprint density at radius 1 is 1.38 bits per heavy atom. The molecule has 1 heterocycles. The molecule has 0 saturated heterocycles. The van der Waals surface area contributed by atoms with Crippen molar-refractivity contribution in [1.82, 2.24) is 15.6 Å². The minimum atomic E-state index is -0.728. The normalized spacial score (nSPS) is 21.8. The lowest BCUT2D eigenvalue weighted by Crippen LogP contribution is -2.43. The molecule has 116 valence electrons. The summed E-state index contributed by atoms with van der Waals surface area (Å²) in [5.74, 6) is -0.984. The smallest absolute Gasteiger partial charge is 0.315 e. The van der Waals surface area contributed by atoms with Crippen molar-refractivity contribution in [2.75, 3.05) is 0 Å². The van der Waals surface area contributed by atoms with Gasteiger partial charge in [0.25, 0.3) is 0 Å². The molecule has 1 aromatic heterocycles. The zero-order chi connectivity index (χ0) is 15.2. The minimum Gasteiger partial charge on any atom is -0.481 e. The van der Waals surface area contributed by atoms with Crippen LogP contribution in [0.4, 0.5) is 4.79 Å². The van der Waals surface area contributed by atoms with Gasteiger partial charge in [0.15, 0.2) is 0 Å². The van der Waals surface area contributed by atoms with Crippen LogP contribution in [0.3, 0.4) is 0 Å². The van der Waals surface area contributed by atoms with Crippen LogP contribution in [0.25, 0.3) is 0 Å². The van der Waals surface area contributed by atoms with E-state index in [4.69, 9.17) is 5.11 Å². The second kappa shape index (κ2) is 7.40. The van der Waals surface area contributed by atoms with E-state index in [1.165, 1.54) is 4.88 Å². The fourth-order valence-electron chi connectivity index (χ4n) is 2.47. The van der Waals surface area contributed by atoms with Gasteiger partial charge in [-0.25, -0.2) is 9.78 Å². The van der Waals surface area contributed by atoms with Crippen LogP contribution < -0.4 is 10.6 Å². The predicted molar refractivity (Wildman–Crippen MR) is 80.2 cm³/mol. The number of rotatable bonds is 5. The van der Waals surface area contributed by atoms with Gasteiger partial charge in [0.2, 0.25) is 0 Å². The highest BCUT2D eigenvalue weighted by Gasteiger charge is 2.26. The van der Waals surface area contributed by atoms with Gasteiger partial charge in [0.1, 0.15) is 5.01 Å². The van der Waals surface area contributed by atoms with E-state index >= 15 is 0 Å². The Hall–Kier alpha value is -1.63. The molecular formula is C14H21N3O3S. The Labute approximate surface area is 128 Å². The van der Waals surface area contributed by atoms with E-state index in [1.54, 1.807) is 11.3 Å². The highest BCUT2D eigenvalue weighted by molar-refractivity contribution is 7.11. The van der Waals surface area contributed by atoms with E-state index in [0.29, 0.717) is 19.4 Å². The number of nitrogens with zero attached hydrogens (tertiary/aromatic N) is 1. The average Bonchev–Trinajstić information content (AvgIpc) is 2.94. The number of hydrogen-bond donors (Lipinski definition) is 3. The van der Waals surface area contributed by atoms with Crippen molar-refractivity contribution in [3.63, 3.8) is 0 Å². The lowest BCUT2D eigenvalue weighted by atomic mass is 9.86. The molecule has 0 radical (unpaired) electrons. The molecule has 1 aliphatic carbocycles. The van der Waals surface area contributed by atoms with Crippen molar-refractivity contribution < 1.29 is 14.7 Å². The van der Waals surface area contributed by atoms with E-state index in [9.17, 15) is 9.59 Å². The summed E-state index contributed by atoms with van der Waals surface area (Å²) in [6.45, 7) is 2.51. The van der Waals surface area contributed by atoms with Crippen molar-refractivity contribution in [3.8, 4) is 0 Å². The van der Waals surface area contributed by atoms with Crippen molar-refractivity contribution in [2.45, 2.75) is 51.6 Å². The van der Waals surface area contributed by atoms with Gasteiger partial charge < -0.3 is 15.7 Å². The first-order valence-electron chi connectivity index (χ1n) is 7.29. The standard InChI is InChI=1S/C14H21N3O3S/c1-2-11-7-15-12(21-11)8-16-14(20)17-10-5-3-9(4-6-10)13(18)19/h7,9-10H,2-6,8H2,1H3,(H,18,19)(H2,16,17,20). The fourth-order valence-corrected chi connectivity index (χ4v) is 3.27. The number of thiazole rings is 1. The minimum absolute atomic E-state index is 0.0723. The number of carboxylic acid groups (broad SMARTS) is 1. The zero-order valence-electron chi connectivity index (χ0n) is 12.1. The molecule has 0 aliphatic heterocycles. The van der Waals surface area contributed by atoms with E-state index in [2.05, 4.69) is 22.5 Å². The molecule has 1 saturated carbocycles. The molecule has 7 heteroatoms. The number of carbonyl (C=O) groups is 2. The topological polar surface area (TPSA) is 91.3 Å². The van der Waals surface area contributed by atoms with Crippen LogP contribution >= 0.6 is 11.3 Å². The maximum Gasteiger partial charge on any atom is 0.315 e. The summed E-state index contributed by atoms with van der Waals surface area (Å²) >= 11 is 1.61. The van der Waals surface area contributed by atoms with Crippen LogP contribution in [-0.4, -0.2) is 28.1 Å². The highest BCUT2D eigenvalue weighted by atomic mass is 32.1. The summed E-state index contributed by atoms with van der Waals surface area (Å²) in [6, 6.07) is -0.134. The summed E-state index contributed by atoms with van der Waals surface area (Å²) in [5.41, 5.74) is 0. The monoisotopic (exact) mass is 311 g/mol. The van der Waals surface area contributed by atoms with Crippen LogP contribution in [0.15, 0.2) is 6.20 Å². The fraction of sp³-hybridized carbons (Fsp3) is 0.643. The quantitative estimate of drug-likeness (QED) is 0.777. The van der Waals surface area contributed by atoms with Crippen LogP contribution in [-0.2, 0) is 17.8 Å². The van der Waals surface area contributed by atoms with E-state index in [-0.39, 0.29) is 18.0 Å². The van der Waals surface area contributed by atoms with Crippen LogP contribution in [0.1, 0.15) is 42.5 Å². The third-order valence-electron chi connectivity index (χ3n) is 3.76. The van der Waals surface area contributed by atoms with Crippen LogP contribution in [0.2, 0.25) is 0 Å². The maximum absolute atomic E-state index is 11.8.